The smallest absolute Gasteiger partial charge is 0.169 e. The Morgan fingerprint density at radius 3 is 2.58 bits per heavy atom. The van der Waals surface area contributed by atoms with Crippen LogP contribution in [0.4, 0.5) is 0 Å². The normalized spacial score (nSPS) is 10.5. The summed E-state index contributed by atoms with van der Waals surface area (Å²) in [4.78, 5) is 12.3. The number of aromatic nitrogens is 2. The van der Waals surface area contributed by atoms with Gasteiger partial charge in [-0.05, 0) is 44.0 Å². The summed E-state index contributed by atoms with van der Waals surface area (Å²) >= 11 is 6.15. The van der Waals surface area contributed by atoms with Crippen molar-refractivity contribution in [3.05, 3.63) is 57.4 Å². The van der Waals surface area contributed by atoms with Crippen molar-refractivity contribution in [2.45, 2.75) is 27.2 Å². The zero-order valence-electron chi connectivity index (χ0n) is 11.2. The average Bonchev–Trinajstić information content (AvgIpc) is 2.35. The van der Waals surface area contributed by atoms with Gasteiger partial charge in [-0.25, -0.2) is 0 Å². The van der Waals surface area contributed by atoms with Crippen LogP contribution in [0.25, 0.3) is 0 Å². The van der Waals surface area contributed by atoms with Gasteiger partial charge in [0.05, 0.1) is 11.4 Å². The lowest BCUT2D eigenvalue weighted by atomic mass is 10.0. The quantitative estimate of drug-likeness (QED) is 0.805. The fraction of sp³-hybridized carbons (Fsp3) is 0.267. The molecule has 0 atom stereocenters. The topological polar surface area (TPSA) is 42.9 Å². The molecule has 3 nitrogen and oxygen atoms in total. The molecule has 0 amide bonds. The number of hydrogen-bond acceptors (Lipinski definition) is 3. The molecule has 0 aliphatic carbocycles. The first-order valence-corrected chi connectivity index (χ1v) is 6.44. The summed E-state index contributed by atoms with van der Waals surface area (Å²) < 4.78 is 0. The molecule has 98 valence electrons. The van der Waals surface area contributed by atoms with E-state index >= 15 is 0 Å². The van der Waals surface area contributed by atoms with Crippen molar-refractivity contribution in [1.82, 2.24) is 10.2 Å². The van der Waals surface area contributed by atoms with Crippen molar-refractivity contribution in [3.8, 4) is 0 Å². The second kappa shape index (κ2) is 5.49. The molecule has 0 bridgehead atoms. The van der Waals surface area contributed by atoms with Crippen LogP contribution in [-0.4, -0.2) is 16.0 Å². The van der Waals surface area contributed by atoms with E-state index in [4.69, 9.17) is 11.6 Å². The van der Waals surface area contributed by atoms with Gasteiger partial charge in [0, 0.05) is 17.0 Å². The van der Waals surface area contributed by atoms with Crippen molar-refractivity contribution in [2.75, 3.05) is 0 Å². The lowest BCUT2D eigenvalue weighted by Gasteiger charge is -2.07. The highest BCUT2D eigenvalue weighted by molar-refractivity contribution is 6.31. The highest BCUT2D eigenvalue weighted by atomic mass is 35.5. The second-order valence-electron chi connectivity index (χ2n) is 4.68. The van der Waals surface area contributed by atoms with Crippen molar-refractivity contribution < 1.29 is 4.79 Å². The Labute approximate surface area is 117 Å². The molecular formula is C15H15ClN2O. The third-order valence-electron chi connectivity index (χ3n) is 2.96. The monoisotopic (exact) mass is 274 g/mol. The van der Waals surface area contributed by atoms with Crippen molar-refractivity contribution >= 4 is 17.4 Å². The molecular weight excluding hydrogens is 260 g/mol. The molecule has 19 heavy (non-hydrogen) atoms. The molecule has 0 aliphatic heterocycles. The first kappa shape index (κ1) is 13.7. The van der Waals surface area contributed by atoms with Crippen molar-refractivity contribution in [1.29, 1.82) is 0 Å². The summed E-state index contributed by atoms with van der Waals surface area (Å²) in [5, 5.41) is 8.53. The van der Waals surface area contributed by atoms with Gasteiger partial charge in [0.25, 0.3) is 0 Å². The van der Waals surface area contributed by atoms with E-state index in [2.05, 4.69) is 10.2 Å². The molecule has 0 saturated carbocycles. The SMILES string of the molecule is Cc1ccc(CC(=O)c2cc(C)nnc2C)c(Cl)c1. The maximum Gasteiger partial charge on any atom is 0.169 e. The number of Topliss-reactive ketones (excluding diaryl/α,β-unsaturated/α-hetero) is 1. The molecule has 0 saturated heterocycles. The lowest BCUT2D eigenvalue weighted by Crippen LogP contribution is -2.09. The van der Waals surface area contributed by atoms with E-state index < -0.39 is 0 Å². The number of nitrogens with zero attached hydrogens (tertiary/aromatic N) is 2. The van der Waals surface area contributed by atoms with E-state index in [-0.39, 0.29) is 12.2 Å². The molecule has 0 radical (unpaired) electrons. The number of carbonyl (C=O) groups excluding carboxylic acids is 1. The van der Waals surface area contributed by atoms with Gasteiger partial charge in [-0.3, -0.25) is 4.79 Å². The van der Waals surface area contributed by atoms with Crippen LogP contribution < -0.4 is 0 Å². The molecule has 1 heterocycles. The summed E-state index contributed by atoms with van der Waals surface area (Å²) in [6.45, 7) is 5.58. The van der Waals surface area contributed by atoms with Crippen LogP contribution in [0.2, 0.25) is 5.02 Å². The molecule has 0 unspecified atom stereocenters. The van der Waals surface area contributed by atoms with Gasteiger partial charge in [0.15, 0.2) is 5.78 Å². The standard InChI is InChI=1S/C15H15ClN2O/c1-9-4-5-12(14(16)6-9)8-15(19)13-7-10(2)17-18-11(13)3/h4-7H,8H2,1-3H3. The Morgan fingerprint density at radius 2 is 1.89 bits per heavy atom. The minimum absolute atomic E-state index is 0.0150. The predicted octanol–water partition coefficient (Wildman–Crippen LogP) is 3.48. The van der Waals surface area contributed by atoms with Gasteiger partial charge in [-0.15, -0.1) is 0 Å². The number of hydrogen-bond donors (Lipinski definition) is 0. The first-order chi connectivity index (χ1) is 8.97. The van der Waals surface area contributed by atoms with E-state index in [1.807, 2.05) is 32.0 Å². The van der Waals surface area contributed by atoms with Crippen LogP contribution in [0.5, 0.6) is 0 Å². The highest BCUT2D eigenvalue weighted by Crippen LogP contribution is 2.20. The highest BCUT2D eigenvalue weighted by Gasteiger charge is 2.13. The average molecular weight is 275 g/mol. The van der Waals surface area contributed by atoms with Crippen LogP contribution in [0.15, 0.2) is 24.3 Å². The van der Waals surface area contributed by atoms with E-state index in [0.717, 1.165) is 16.8 Å². The molecule has 4 heteroatoms. The van der Waals surface area contributed by atoms with Crippen LogP contribution in [-0.2, 0) is 6.42 Å². The van der Waals surface area contributed by atoms with Crippen LogP contribution in [0.3, 0.4) is 0 Å². The van der Waals surface area contributed by atoms with Gasteiger partial charge in [0.2, 0.25) is 0 Å². The number of carbonyl (C=O) groups is 1. The molecule has 1 aromatic heterocycles. The van der Waals surface area contributed by atoms with E-state index in [0.29, 0.717) is 16.3 Å². The van der Waals surface area contributed by atoms with Gasteiger partial charge in [-0.2, -0.15) is 10.2 Å². The predicted molar refractivity (Wildman–Crippen MR) is 75.7 cm³/mol. The minimum atomic E-state index is 0.0150. The first-order valence-electron chi connectivity index (χ1n) is 6.06. The zero-order chi connectivity index (χ0) is 14.0. The van der Waals surface area contributed by atoms with Crippen LogP contribution in [0, 0.1) is 20.8 Å². The molecule has 2 aromatic rings. The molecule has 2 rings (SSSR count). The fourth-order valence-electron chi connectivity index (χ4n) is 1.90. The number of ketones is 1. The van der Waals surface area contributed by atoms with Gasteiger partial charge in [0.1, 0.15) is 0 Å². The van der Waals surface area contributed by atoms with Gasteiger partial charge >= 0.3 is 0 Å². The largest absolute Gasteiger partial charge is 0.294 e. The molecule has 0 spiro atoms. The van der Waals surface area contributed by atoms with E-state index in [1.165, 1.54) is 0 Å². The summed E-state index contributed by atoms with van der Waals surface area (Å²) in [5.74, 6) is 0.0150. The van der Waals surface area contributed by atoms with Crippen molar-refractivity contribution in [3.63, 3.8) is 0 Å². The Bertz CT molecular complexity index is 638. The van der Waals surface area contributed by atoms with Gasteiger partial charge < -0.3 is 0 Å². The van der Waals surface area contributed by atoms with E-state index in [9.17, 15) is 4.79 Å². The third-order valence-corrected chi connectivity index (χ3v) is 3.31. The maximum absolute atomic E-state index is 12.3. The Kier molecular flexibility index (Phi) is 3.96. The third kappa shape index (κ3) is 3.18. The number of rotatable bonds is 3. The maximum atomic E-state index is 12.3. The van der Waals surface area contributed by atoms with Crippen LogP contribution >= 0.6 is 11.6 Å². The summed E-state index contributed by atoms with van der Waals surface area (Å²) in [6, 6.07) is 7.49. The number of aryl methyl sites for hydroxylation is 3. The van der Waals surface area contributed by atoms with Crippen LogP contribution in [0.1, 0.15) is 32.9 Å². The lowest BCUT2D eigenvalue weighted by molar-refractivity contribution is 0.0991. The molecule has 1 aromatic carbocycles. The van der Waals surface area contributed by atoms with Crippen molar-refractivity contribution in [2.24, 2.45) is 0 Å². The molecule has 0 fully saturated rings. The minimum Gasteiger partial charge on any atom is -0.294 e. The number of benzene rings is 1. The Balaban J connectivity index is 2.28. The Morgan fingerprint density at radius 1 is 1.16 bits per heavy atom. The summed E-state index contributed by atoms with van der Waals surface area (Å²) in [6.07, 6.45) is 0.283. The van der Waals surface area contributed by atoms with Gasteiger partial charge in [-0.1, -0.05) is 23.7 Å². The fourth-order valence-corrected chi connectivity index (χ4v) is 2.20. The molecule has 0 aliphatic rings. The Hall–Kier alpha value is -1.74. The summed E-state index contributed by atoms with van der Waals surface area (Å²) in [5.41, 5.74) is 3.93. The zero-order valence-corrected chi connectivity index (χ0v) is 12.0. The second-order valence-corrected chi connectivity index (χ2v) is 5.09. The molecule has 0 N–H and O–H groups in total. The van der Waals surface area contributed by atoms with E-state index in [1.54, 1.807) is 13.0 Å². The number of halogens is 1. The summed E-state index contributed by atoms with van der Waals surface area (Å²) in [7, 11) is 0.